The summed E-state index contributed by atoms with van der Waals surface area (Å²) >= 11 is 2.90. The highest BCUT2D eigenvalue weighted by Gasteiger charge is 2.33. The van der Waals surface area contributed by atoms with Gasteiger partial charge in [-0.3, -0.25) is 15.4 Å². The molecule has 98 valence electrons. The van der Waals surface area contributed by atoms with Crippen molar-refractivity contribution in [2.24, 2.45) is 5.84 Å². The zero-order chi connectivity index (χ0) is 13.0. The van der Waals surface area contributed by atoms with Crippen molar-refractivity contribution in [1.82, 2.24) is 16.1 Å². The lowest BCUT2D eigenvalue weighted by Gasteiger charge is -2.07. The number of hydrogen-bond acceptors (Lipinski definition) is 6. The summed E-state index contributed by atoms with van der Waals surface area (Å²) in [5.74, 6) is 4.94. The highest BCUT2D eigenvalue weighted by atomic mass is 32.2. The van der Waals surface area contributed by atoms with Gasteiger partial charge in [-0.15, -0.1) is 23.1 Å². The molecule has 1 fully saturated rings. The highest BCUT2D eigenvalue weighted by Crippen LogP contribution is 2.23. The molecule has 2 unspecified atom stereocenters. The quantitative estimate of drug-likeness (QED) is 0.441. The fourth-order valence-corrected chi connectivity index (χ4v) is 3.22. The zero-order valence-electron chi connectivity index (χ0n) is 9.51. The van der Waals surface area contributed by atoms with Gasteiger partial charge in [0.25, 0.3) is 0 Å². The first-order valence-electron chi connectivity index (χ1n) is 5.40. The van der Waals surface area contributed by atoms with Gasteiger partial charge in [-0.05, 0) is 11.4 Å². The topological polar surface area (TPSA) is 96.2 Å². The first-order valence-corrected chi connectivity index (χ1v) is 7.22. The number of rotatable bonds is 5. The molecule has 1 saturated heterocycles. The van der Waals surface area contributed by atoms with Gasteiger partial charge >= 0.3 is 0 Å². The van der Waals surface area contributed by atoms with Gasteiger partial charge in [-0.2, -0.15) is 0 Å². The van der Waals surface area contributed by atoms with Crippen molar-refractivity contribution in [2.75, 3.05) is 0 Å². The predicted molar refractivity (Wildman–Crippen MR) is 71.4 cm³/mol. The number of carbonyl (C=O) groups is 2. The Bertz CT molecular complexity index is 424. The van der Waals surface area contributed by atoms with E-state index in [1.807, 2.05) is 17.5 Å². The largest absolute Gasteiger partial charge is 0.351 e. The van der Waals surface area contributed by atoms with Gasteiger partial charge in [0.15, 0.2) is 0 Å². The smallest absolute Gasteiger partial charge is 0.235 e. The Morgan fingerprint density at radius 2 is 2.39 bits per heavy atom. The molecule has 1 aliphatic rings. The van der Waals surface area contributed by atoms with Crippen LogP contribution in [0.15, 0.2) is 17.5 Å². The molecule has 2 heterocycles. The summed E-state index contributed by atoms with van der Waals surface area (Å²) in [6.45, 7) is 0.508. The summed E-state index contributed by atoms with van der Waals surface area (Å²) < 4.78 is 0. The summed E-state index contributed by atoms with van der Waals surface area (Å²) in [5.41, 5.74) is 2.14. The molecule has 2 rings (SSSR count). The van der Waals surface area contributed by atoms with Gasteiger partial charge in [0.05, 0.1) is 11.8 Å². The van der Waals surface area contributed by atoms with Gasteiger partial charge in [-0.25, -0.2) is 5.43 Å². The van der Waals surface area contributed by atoms with Crippen molar-refractivity contribution in [1.29, 1.82) is 0 Å². The van der Waals surface area contributed by atoms with Gasteiger partial charge in [0.1, 0.15) is 5.50 Å². The number of thiophene rings is 1. The molecule has 0 bridgehead atoms. The maximum absolute atomic E-state index is 11.7. The fraction of sp³-hybridized carbons (Fsp3) is 0.400. The van der Waals surface area contributed by atoms with Gasteiger partial charge in [0, 0.05) is 11.3 Å². The van der Waals surface area contributed by atoms with E-state index in [0.29, 0.717) is 6.54 Å². The average Bonchev–Trinajstić information content (AvgIpc) is 2.97. The van der Waals surface area contributed by atoms with Crippen LogP contribution in [-0.2, 0) is 16.1 Å². The molecule has 18 heavy (non-hydrogen) atoms. The Morgan fingerprint density at radius 1 is 1.56 bits per heavy atom. The third kappa shape index (κ3) is 3.45. The van der Waals surface area contributed by atoms with Crippen molar-refractivity contribution in [2.45, 2.75) is 23.7 Å². The summed E-state index contributed by atoms with van der Waals surface area (Å²) in [4.78, 5) is 24.3. The van der Waals surface area contributed by atoms with Gasteiger partial charge < -0.3 is 10.6 Å². The first-order chi connectivity index (χ1) is 8.69. The van der Waals surface area contributed by atoms with E-state index in [9.17, 15) is 9.59 Å². The van der Waals surface area contributed by atoms with Crippen molar-refractivity contribution >= 4 is 34.9 Å². The van der Waals surface area contributed by atoms with Crippen molar-refractivity contribution in [3.63, 3.8) is 0 Å². The van der Waals surface area contributed by atoms with Crippen LogP contribution < -0.4 is 21.9 Å². The number of nitrogens with two attached hydrogens (primary N) is 1. The molecule has 1 aromatic rings. The summed E-state index contributed by atoms with van der Waals surface area (Å²) in [6, 6.07) is 3.89. The minimum Gasteiger partial charge on any atom is -0.351 e. The first kappa shape index (κ1) is 13.3. The second-order valence-corrected chi connectivity index (χ2v) is 6.09. The Balaban J connectivity index is 1.76. The van der Waals surface area contributed by atoms with E-state index in [4.69, 9.17) is 5.84 Å². The molecular weight excluding hydrogens is 272 g/mol. The van der Waals surface area contributed by atoms with Crippen molar-refractivity contribution < 1.29 is 9.59 Å². The molecule has 0 radical (unpaired) electrons. The Hall–Kier alpha value is -1.09. The molecule has 2 amide bonds. The maximum atomic E-state index is 11.7. The summed E-state index contributed by atoms with van der Waals surface area (Å²) in [5, 5.41) is 7.01. The van der Waals surface area contributed by atoms with Crippen LogP contribution in [0.25, 0.3) is 0 Å². The van der Waals surface area contributed by atoms with Crippen molar-refractivity contribution in [3.8, 4) is 0 Å². The molecular formula is C10H14N4O2S2. The van der Waals surface area contributed by atoms with Crippen LogP contribution in [0, 0.1) is 0 Å². The van der Waals surface area contributed by atoms with Crippen LogP contribution in [0.4, 0.5) is 0 Å². The lowest BCUT2D eigenvalue weighted by molar-refractivity contribution is -0.125. The van der Waals surface area contributed by atoms with Crippen LogP contribution in [0.1, 0.15) is 11.3 Å². The predicted octanol–water partition coefficient (Wildman–Crippen LogP) is -0.267. The monoisotopic (exact) mass is 286 g/mol. The normalized spacial score (nSPS) is 22.8. The number of hydrogen-bond donors (Lipinski definition) is 4. The Kier molecular flexibility index (Phi) is 4.59. The summed E-state index contributed by atoms with van der Waals surface area (Å²) in [6.07, 6.45) is 0.167. The molecule has 5 N–H and O–H groups in total. The molecule has 0 aromatic carbocycles. The van der Waals surface area contributed by atoms with Crippen LogP contribution in [0.3, 0.4) is 0 Å². The Labute approximate surface area is 113 Å². The zero-order valence-corrected chi connectivity index (χ0v) is 11.1. The second kappa shape index (κ2) is 6.19. The highest BCUT2D eigenvalue weighted by molar-refractivity contribution is 8.01. The Morgan fingerprint density at radius 3 is 3.00 bits per heavy atom. The van der Waals surface area contributed by atoms with Crippen LogP contribution >= 0.6 is 23.1 Å². The molecule has 8 heteroatoms. The number of amides is 2. The summed E-state index contributed by atoms with van der Waals surface area (Å²) in [7, 11) is 0. The third-order valence-electron chi connectivity index (χ3n) is 2.43. The van der Waals surface area contributed by atoms with E-state index >= 15 is 0 Å². The minimum absolute atomic E-state index is 0.131. The van der Waals surface area contributed by atoms with Gasteiger partial charge in [0.2, 0.25) is 11.8 Å². The van der Waals surface area contributed by atoms with E-state index in [0.717, 1.165) is 4.88 Å². The van der Waals surface area contributed by atoms with Crippen LogP contribution in [0.5, 0.6) is 0 Å². The lowest BCUT2D eigenvalue weighted by Crippen LogP contribution is -2.41. The van der Waals surface area contributed by atoms with E-state index in [1.54, 1.807) is 11.3 Å². The molecule has 1 aliphatic heterocycles. The van der Waals surface area contributed by atoms with Gasteiger partial charge in [-0.1, -0.05) is 6.07 Å². The molecule has 1 aromatic heterocycles. The number of thioether (sulfide) groups is 1. The second-order valence-electron chi connectivity index (χ2n) is 3.74. The number of carbonyl (C=O) groups excluding carboxylic acids is 2. The van der Waals surface area contributed by atoms with E-state index in [1.165, 1.54) is 11.8 Å². The minimum atomic E-state index is -0.380. The average molecular weight is 286 g/mol. The third-order valence-corrected chi connectivity index (χ3v) is 4.54. The standard InChI is InChI=1S/C10H14N4O2S2/c11-14-10-13-9(16)7(18-10)4-8(15)12-5-6-2-1-3-17-6/h1-3,7,10,14H,4-5,11H2,(H,12,15)(H,13,16). The number of hydrazine groups is 1. The molecule has 0 spiro atoms. The lowest BCUT2D eigenvalue weighted by atomic mass is 10.2. The molecule has 2 atom stereocenters. The maximum Gasteiger partial charge on any atom is 0.235 e. The fourth-order valence-electron chi connectivity index (χ4n) is 1.54. The van der Waals surface area contributed by atoms with Crippen LogP contribution in [0.2, 0.25) is 0 Å². The number of nitrogens with one attached hydrogen (secondary N) is 3. The SMILES string of the molecule is NNC1NC(=O)C(CC(=O)NCc2cccs2)S1. The molecule has 0 saturated carbocycles. The van der Waals surface area contributed by atoms with E-state index in [-0.39, 0.29) is 29.0 Å². The van der Waals surface area contributed by atoms with E-state index < -0.39 is 0 Å². The molecule has 0 aliphatic carbocycles. The van der Waals surface area contributed by atoms with Crippen molar-refractivity contribution in [3.05, 3.63) is 22.4 Å². The van der Waals surface area contributed by atoms with Crippen LogP contribution in [-0.4, -0.2) is 22.6 Å². The molecule has 6 nitrogen and oxygen atoms in total. The van der Waals surface area contributed by atoms with E-state index in [2.05, 4.69) is 16.1 Å².